The van der Waals surface area contributed by atoms with Gasteiger partial charge in [0.05, 0.1) is 6.61 Å². The Morgan fingerprint density at radius 3 is 3.00 bits per heavy atom. The van der Waals surface area contributed by atoms with Gasteiger partial charge in [0.15, 0.2) is 0 Å². The number of methoxy groups -OCH3 is 1. The molecular weight excluding hydrogens is 282 g/mol. The number of hydrogen-bond donors (Lipinski definition) is 0. The van der Waals surface area contributed by atoms with Crippen molar-refractivity contribution in [2.45, 2.75) is 6.42 Å². The zero-order valence-corrected chi connectivity index (χ0v) is 12.5. The summed E-state index contributed by atoms with van der Waals surface area (Å²) < 4.78 is 10.4. The maximum atomic E-state index is 12.0. The second-order valence-corrected chi connectivity index (χ2v) is 4.77. The third kappa shape index (κ3) is 4.56. The molecule has 0 bridgehead atoms. The van der Waals surface area contributed by atoms with E-state index in [2.05, 4.69) is 0 Å². The van der Waals surface area contributed by atoms with E-state index in [0.717, 1.165) is 5.56 Å². The summed E-state index contributed by atoms with van der Waals surface area (Å²) in [4.78, 5) is 24.8. The van der Waals surface area contributed by atoms with Crippen LogP contribution in [0.15, 0.2) is 42.5 Å². The summed E-state index contributed by atoms with van der Waals surface area (Å²) >= 11 is 0. The molecule has 1 aliphatic rings. The van der Waals surface area contributed by atoms with Crippen LogP contribution >= 0.6 is 0 Å². The number of benzene rings is 1. The lowest BCUT2D eigenvalue weighted by Crippen LogP contribution is -2.37. The largest absolute Gasteiger partial charge is 0.491 e. The molecule has 116 valence electrons. The fraction of sp³-hybridized carbons (Fsp3) is 0.294. The second kappa shape index (κ2) is 8.14. The van der Waals surface area contributed by atoms with Gasteiger partial charge in [-0.15, -0.1) is 0 Å². The van der Waals surface area contributed by atoms with Crippen LogP contribution in [-0.2, 0) is 14.3 Å². The van der Waals surface area contributed by atoms with E-state index in [-0.39, 0.29) is 11.8 Å². The lowest BCUT2D eigenvalue weighted by atomic mass is 10.2. The number of ether oxygens (including phenoxy) is 2. The molecule has 0 spiro atoms. The number of nitrogens with zero attached hydrogens (tertiary/aromatic N) is 1. The topological polar surface area (TPSA) is 55.8 Å². The van der Waals surface area contributed by atoms with Crippen molar-refractivity contribution in [3.8, 4) is 5.75 Å². The number of carbonyl (C=O) groups excluding carboxylic acids is 2. The monoisotopic (exact) mass is 301 g/mol. The summed E-state index contributed by atoms with van der Waals surface area (Å²) in [5, 5.41) is 0. The zero-order valence-electron chi connectivity index (χ0n) is 12.5. The standard InChI is InChI=1S/C17H19NO4/c1-21-11-12-22-15-6-4-5-14(13-15)8-9-17(20)18-10-3-2-7-16(18)19/h2,4-9,13H,3,10-12H2,1H3/b9-8+. The molecule has 5 heteroatoms. The molecule has 0 saturated heterocycles. The molecule has 1 aliphatic heterocycles. The molecule has 0 unspecified atom stereocenters. The average molecular weight is 301 g/mol. The number of rotatable bonds is 6. The van der Waals surface area contributed by atoms with Crippen LogP contribution < -0.4 is 4.74 Å². The molecule has 2 rings (SSSR count). The molecule has 0 saturated carbocycles. The lowest BCUT2D eigenvalue weighted by molar-refractivity contribution is -0.139. The molecule has 1 aromatic carbocycles. The van der Waals surface area contributed by atoms with Crippen LogP contribution in [0.1, 0.15) is 12.0 Å². The van der Waals surface area contributed by atoms with E-state index >= 15 is 0 Å². The van der Waals surface area contributed by atoms with Crippen molar-refractivity contribution in [2.24, 2.45) is 0 Å². The summed E-state index contributed by atoms with van der Waals surface area (Å²) in [6.07, 6.45) is 6.99. The first-order chi connectivity index (χ1) is 10.7. The van der Waals surface area contributed by atoms with Crippen LogP contribution in [0.2, 0.25) is 0 Å². The van der Waals surface area contributed by atoms with E-state index in [9.17, 15) is 9.59 Å². The number of hydrogen-bond acceptors (Lipinski definition) is 4. The van der Waals surface area contributed by atoms with Crippen molar-refractivity contribution >= 4 is 17.9 Å². The summed E-state index contributed by atoms with van der Waals surface area (Å²) in [5.41, 5.74) is 0.836. The van der Waals surface area contributed by atoms with Crippen LogP contribution in [0.3, 0.4) is 0 Å². The van der Waals surface area contributed by atoms with Crippen molar-refractivity contribution < 1.29 is 19.1 Å². The maximum absolute atomic E-state index is 12.0. The Kier molecular flexibility index (Phi) is 5.91. The van der Waals surface area contributed by atoms with E-state index in [1.807, 2.05) is 24.3 Å². The Bertz CT molecular complexity index is 592. The van der Waals surface area contributed by atoms with Crippen molar-refractivity contribution in [3.63, 3.8) is 0 Å². The molecule has 0 fully saturated rings. The molecule has 1 heterocycles. The quantitative estimate of drug-likeness (QED) is 0.596. The minimum atomic E-state index is -0.306. The van der Waals surface area contributed by atoms with E-state index in [0.29, 0.717) is 31.9 Å². The minimum absolute atomic E-state index is 0.266. The van der Waals surface area contributed by atoms with Gasteiger partial charge in [0.1, 0.15) is 12.4 Å². The van der Waals surface area contributed by atoms with Gasteiger partial charge in [0.2, 0.25) is 0 Å². The summed E-state index contributed by atoms with van der Waals surface area (Å²) in [6.45, 7) is 1.42. The van der Waals surface area contributed by atoms with Crippen LogP contribution in [0, 0.1) is 0 Å². The molecule has 0 atom stereocenters. The predicted molar refractivity (Wildman–Crippen MR) is 83.3 cm³/mol. The number of amides is 2. The molecule has 1 aromatic rings. The molecular formula is C17H19NO4. The zero-order chi connectivity index (χ0) is 15.8. The number of imide groups is 1. The highest BCUT2D eigenvalue weighted by Crippen LogP contribution is 2.15. The van der Waals surface area contributed by atoms with Gasteiger partial charge in [0.25, 0.3) is 11.8 Å². The van der Waals surface area contributed by atoms with Gasteiger partial charge in [-0.3, -0.25) is 14.5 Å². The molecule has 0 radical (unpaired) electrons. The Morgan fingerprint density at radius 2 is 2.23 bits per heavy atom. The highest BCUT2D eigenvalue weighted by atomic mass is 16.5. The fourth-order valence-corrected chi connectivity index (χ4v) is 2.02. The van der Waals surface area contributed by atoms with Crippen molar-refractivity contribution in [2.75, 3.05) is 26.9 Å². The Balaban J connectivity index is 1.97. The van der Waals surface area contributed by atoms with Crippen LogP contribution in [0.5, 0.6) is 5.75 Å². The Morgan fingerprint density at radius 1 is 1.36 bits per heavy atom. The Hall–Kier alpha value is -2.40. The molecule has 0 N–H and O–H groups in total. The second-order valence-electron chi connectivity index (χ2n) is 4.77. The first-order valence-electron chi connectivity index (χ1n) is 7.12. The molecule has 0 aromatic heterocycles. The van der Waals surface area contributed by atoms with Crippen molar-refractivity contribution in [1.29, 1.82) is 0 Å². The van der Waals surface area contributed by atoms with Crippen LogP contribution in [0.4, 0.5) is 0 Å². The van der Waals surface area contributed by atoms with Gasteiger partial charge in [-0.25, -0.2) is 0 Å². The first kappa shape index (κ1) is 16.0. The minimum Gasteiger partial charge on any atom is -0.491 e. The van der Waals surface area contributed by atoms with E-state index < -0.39 is 0 Å². The van der Waals surface area contributed by atoms with E-state index in [1.165, 1.54) is 17.1 Å². The maximum Gasteiger partial charge on any atom is 0.253 e. The van der Waals surface area contributed by atoms with Gasteiger partial charge >= 0.3 is 0 Å². The summed E-state index contributed by atoms with van der Waals surface area (Å²) in [7, 11) is 1.62. The SMILES string of the molecule is COCCOc1cccc(/C=C/C(=O)N2CCC=CC2=O)c1. The van der Waals surface area contributed by atoms with Gasteiger partial charge in [-0.2, -0.15) is 0 Å². The third-order valence-corrected chi connectivity index (χ3v) is 3.14. The smallest absolute Gasteiger partial charge is 0.253 e. The normalized spacial score (nSPS) is 14.6. The van der Waals surface area contributed by atoms with Crippen molar-refractivity contribution in [1.82, 2.24) is 4.90 Å². The van der Waals surface area contributed by atoms with E-state index in [1.54, 1.807) is 19.3 Å². The highest BCUT2D eigenvalue weighted by molar-refractivity contribution is 6.06. The third-order valence-electron chi connectivity index (χ3n) is 3.14. The first-order valence-corrected chi connectivity index (χ1v) is 7.12. The fourth-order valence-electron chi connectivity index (χ4n) is 2.02. The van der Waals surface area contributed by atoms with Crippen molar-refractivity contribution in [3.05, 3.63) is 48.1 Å². The molecule has 2 amide bonds. The average Bonchev–Trinajstić information content (AvgIpc) is 2.54. The summed E-state index contributed by atoms with van der Waals surface area (Å²) in [5.74, 6) is 0.140. The Labute approximate surface area is 129 Å². The van der Waals surface area contributed by atoms with Crippen LogP contribution in [0.25, 0.3) is 6.08 Å². The predicted octanol–water partition coefficient (Wildman–Crippen LogP) is 2.04. The molecule has 0 aliphatic carbocycles. The lowest BCUT2D eigenvalue weighted by Gasteiger charge is -2.19. The van der Waals surface area contributed by atoms with Gasteiger partial charge in [-0.05, 0) is 36.3 Å². The summed E-state index contributed by atoms with van der Waals surface area (Å²) in [6, 6.07) is 7.39. The highest BCUT2D eigenvalue weighted by Gasteiger charge is 2.18. The molecule has 5 nitrogen and oxygen atoms in total. The van der Waals surface area contributed by atoms with E-state index in [4.69, 9.17) is 9.47 Å². The molecule has 22 heavy (non-hydrogen) atoms. The van der Waals surface area contributed by atoms with Gasteiger partial charge in [0, 0.05) is 19.7 Å². The van der Waals surface area contributed by atoms with Crippen LogP contribution in [-0.4, -0.2) is 43.6 Å². The number of carbonyl (C=O) groups is 2. The van der Waals surface area contributed by atoms with Gasteiger partial charge < -0.3 is 9.47 Å². The van der Waals surface area contributed by atoms with Gasteiger partial charge in [-0.1, -0.05) is 18.2 Å².